The molecule has 1 aromatic rings. The number of nitrogens with zero attached hydrogens (tertiary/aromatic N) is 1. The molecule has 0 N–H and O–H groups in total. The van der Waals surface area contributed by atoms with Gasteiger partial charge in [0.1, 0.15) is 0 Å². The van der Waals surface area contributed by atoms with Crippen molar-refractivity contribution in [1.29, 1.82) is 0 Å². The van der Waals surface area contributed by atoms with Gasteiger partial charge in [-0.25, -0.2) is 0 Å². The van der Waals surface area contributed by atoms with Crippen LogP contribution in [-0.2, 0) is 6.54 Å². The highest BCUT2D eigenvalue weighted by Gasteiger charge is 2.24. The van der Waals surface area contributed by atoms with Crippen molar-refractivity contribution in [3.05, 3.63) is 34.9 Å². The molecule has 0 heterocycles. The Labute approximate surface area is 122 Å². The lowest BCUT2D eigenvalue weighted by atomic mass is 9.81. The molecule has 0 saturated heterocycles. The summed E-state index contributed by atoms with van der Waals surface area (Å²) in [6.45, 7) is 8.87. The van der Waals surface area contributed by atoms with E-state index >= 15 is 0 Å². The van der Waals surface area contributed by atoms with E-state index in [1.54, 1.807) is 0 Å². The van der Waals surface area contributed by atoms with E-state index in [1.807, 2.05) is 12.1 Å². The minimum atomic E-state index is 0.302. The fourth-order valence-electron chi connectivity index (χ4n) is 1.95. The zero-order valence-electron chi connectivity index (χ0n) is 11.8. The molecule has 3 heteroatoms. The predicted octanol–water partition coefficient (Wildman–Crippen LogP) is 4.36. The highest BCUT2D eigenvalue weighted by atomic mass is 35.5. The summed E-state index contributed by atoms with van der Waals surface area (Å²) in [7, 11) is 2.16. The van der Waals surface area contributed by atoms with Gasteiger partial charge in [0.15, 0.2) is 0 Å². The van der Waals surface area contributed by atoms with E-state index in [9.17, 15) is 0 Å². The first kappa shape index (κ1) is 15.9. The Bertz CT molecular complexity index is 356. The fraction of sp³-hybridized carbons (Fsp3) is 0.600. The van der Waals surface area contributed by atoms with Crippen LogP contribution in [0.5, 0.6) is 0 Å². The highest BCUT2D eigenvalue weighted by molar-refractivity contribution is 7.80. The molecule has 1 rings (SSSR count). The molecule has 0 aliphatic carbocycles. The van der Waals surface area contributed by atoms with Crippen LogP contribution in [-0.4, -0.2) is 24.2 Å². The zero-order chi connectivity index (χ0) is 13.8. The first-order chi connectivity index (χ1) is 8.32. The molecule has 0 aliphatic heterocycles. The number of benzene rings is 1. The molecule has 0 spiro atoms. The van der Waals surface area contributed by atoms with E-state index in [0.717, 1.165) is 23.9 Å². The van der Waals surface area contributed by atoms with Crippen LogP contribution in [0.15, 0.2) is 24.3 Å². The zero-order valence-corrected chi connectivity index (χ0v) is 13.4. The number of thiol groups is 1. The van der Waals surface area contributed by atoms with Crippen molar-refractivity contribution in [2.24, 2.45) is 11.3 Å². The lowest BCUT2D eigenvalue weighted by Crippen LogP contribution is -2.34. The smallest absolute Gasteiger partial charge is 0.0406 e. The maximum atomic E-state index is 5.89. The van der Waals surface area contributed by atoms with Gasteiger partial charge in [-0.3, -0.25) is 0 Å². The molecule has 1 aromatic carbocycles. The van der Waals surface area contributed by atoms with Gasteiger partial charge in [-0.05, 0) is 41.8 Å². The Hall–Kier alpha value is -0.180. The van der Waals surface area contributed by atoms with Gasteiger partial charge in [-0.2, -0.15) is 12.6 Å². The Balaban J connectivity index is 2.55. The second-order valence-corrected chi connectivity index (χ2v) is 6.87. The molecular formula is C15H24ClNS. The van der Waals surface area contributed by atoms with Gasteiger partial charge in [0, 0.05) is 18.1 Å². The maximum Gasteiger partial charge on any atom is 0.0406 e. The summed E-state index contributed by atoms with van der Waals surface area (Å²) in [5.41, 5.74) is 1.60. The Morgan fingerprint density at radius 3 is 2.22 bits per heavy atom. The first-order valence-electron chi connectivity index (χ1n) is 6.36. The molecule has 0 aromatic heterocycles. The molecule has 0 fully saturated rings. The van der Waals surface area contributed by atoms with Gasteiger partial charge < -0.3 is 4.90 Å². The minimum Gasteiger partial charge on any atom is -0.302 e. The summed E-state index contributed by atoms with van der Waals surface area (Å²) in [4.78, 5) is 2.36. The van der Waals surface area contributed by atoms with Crippen LogP contribution in [0, 0.1) is 11.3 Å². The monoisotopic (exact) mass is 285 g/mol. The quantitative estimate of drug-likeness (QED) is 0.787. The number of rotatable bonds is 5. The molecule has 0 bridgehead atoms. The van der Waals surface area contributed by atoms with Gasteiger partial charge >= 0.3 is 0 Å². The van der Waals surface area contributed by atoms with E-state index in [4.69, 9.17) is 11.6 Å². The van der Waals surface area contributed by atoms with Crippen molar-refractivity contribution in [1.82, 2.24) is 4.90 Å². The standard InChI is InChI=1S/C15H24ClNS/c1-15(2,3)13(11-18)10-17(4)9-12-5-7-14(16)8-6-12/h5-8,13,18H,9-11H2,1-4H3. The van der Waals surface area contributed by atoms with Crippen molar-refractivity contribution in [2.45, 2.75) is 27.3 Å². The lowest BCUT2D eigenvalue weighted by Gasteiger charge is -2.33. The van der Waals surface area contributed by atoms with Crippen LogP contribution in [0.3, 0.4) is 0 Å². The SMILES string of the molecule is CN(Cc1ccc(Cl)cc1)CC(CS)C(C)(C)C. The molecule has 0 saturated carbocycles. The van der Waals surface area contributed by atoms with E-state index in [2.05, 4.69) is 57.5 Å². The summed E-state index contributed by atoms with van der Waals surface area (Å²) < 4.78 is 0. The van der Waals surface area contributed by atoms with Crippen LogP contribution in [0.25, 0.3) is 0 Å². The average molecular weight is 286 g/mol. The molecule has 1 unspecified atom stereocenters. The summed E-state index contributed by atoms with van der Waals surface area (Å²) in [5, 5.41) is 0.796. The summed E-state index contributed by atoms with van der Waals surface area (Å²) in [5.74, 6) is 1.52. The topological polar surface area (TPSA) is 3.24 Å². The van der Waals surface area contributed by atoms with Crippen molar-refractivity contribution < 1.29 is 0 Å². The number of halogens is 1. The first-order valence-corrected chi connectivity index (χ1v) is 7.38. The van der Waals surface area contributed by atoms with Crippen LogP contribution in [0.2, 0.25) is 5.02 Å². The molecule has 0 aliphatic rings. The van der Waals surface area contributed by atoms with Crippen molar-refractivity contribution in [3.8, 4) is 0 Å². The van der Waals surface area contributed by atoms with Gasteiger partial charge in [0.05, 0.1) is 0 Å². The largest absolute Gasteiger partial charge is 0.302 e. The van der Waals surface area contributed by atoms with Gasteiger partial charge in [-0.1, -0.05) is 44.5 Å². The summed E-state index contributed by atoms with van der Waals surface area (Å²) in [6, 6.07) is 8.08. The lowest BCUT2D eigenvalue weighted by molar-refractivity contribution is 0.183. The number of hydrogen-bond donors (Lipinski definition) is 1. The normalized spacial score (nSPS) is 13.9. The van der Waals surface area contributed by atoms with Crippen LogP contribution in [0.1, 0.15) is 26.3 Å². The average Bonchev–Trinajstić information content (AvgIpc) is 2.27. The number of hydrogen-bond acceptors (Lipinski definition) is 2. The highest BCUT2D eigenvalue weighted by Crippen LogP contribution is 2.27. The third kappa shape index (κ3) is 5.21. The van der Waals surface area contributed by atoms with Crippen LogP contribution < -0.4 is 0 Å². The third-order valence-corrected chi connectivity index (χ3v) is 4.04. The van der Waals surface area contributed by atoms with Crippen molar-refractivity contribution >= 4 is 24.2 Å². The van der Waals surface area contributed by atoms with E-state index in [0.29, 0.717) is 11.3 Å². The van der Waals surface area contributed by atoms with E-state index in [1.165, 1.54) is 5.56 Å². The molecule has 1 atom stereocenters. The van der Waals surface area contributed by atoms with Crippen molar-refractivity contribution in [3.63, 3.8) is 0 Å². The molecule has 0 radical (unpaired) electrons. The van der Waals surface area contributed by atoms with Gasteiger partial charge in [-0.15, -0.1) is 0 Å². The van der Waals surface area contributed by atoms with Crippen LogP contribution >= 0.6 is 24.2 Å². The summed E-state index contributed by atoms with van der Waals surface area (Å²) >= 11 is 10.4. The third-order valence-electron chi connectivity index (χ3n) is 3.34. The molecule has 1 nitrogen and oxygen atoms in total. The fourth-order valence-corrected chi connectivity index (χ4v) is 2.74. The van der Waals surface area contributed by atoms with Gasteiger partial charge in [0.2, 0.25) is 0 Å². The molecule has 102 valence electrons. The van der Waals surface area contributed by atoms with E-state index in [-0.39, 0.29) is 0 Å². The predicted molar refractivity (Wildman–Crippen MR) is 84.6 cm³/mol. The maximum absolute atomic E-state index is 5.89. The Morgan fingerprint density at radius 1 is 1.22 bits per heavy atom. The minimum absolute atomic E-state index is 0.302. The van der Waals surface area contributed by atoms with E-state index < -0.39 is 0 Å². The van der Waals surface area contributed by atoms with Crippen LogP contribution in [0.4, 0.5) is 0 Å². The molecule has 0 amide bonds. The van der Waals surface area contributed by atoms with Crippen molar-refractivity contribution in [2.75, 3.05) is 19.3 Å². The Kier molecular flexibility index (Phi) is 6.03. The summed E-state index contributed by atoms with van der Waals surface area (Å²) in [6.07, 6.45) is 0. The second kappa shape index (κ2) is 6.83. The second-order valence-electron chi connectivity index (χ2n) is 6.07. The molecular weight excluding hydrogens is 262 g/mol. The van der Waals surface area contributed by atoms with Gasteiger partial charge in [0.25, 0.3) is 0 Å². The molecule has 18 heavy (non-hydrogen) atoms. The Morgan fingerprint density at radius 2 is 1.78 bits per heavy atom.